The summed E-state index contributed by atoms with van der Waals surface area (Å²) in [6.45, 7) is 0.0569. The predicted molar refractivity (Wildman–Crippen MR) is 93.7 cm³/mol. The Labute approximate surface area is 148 Å². The molecular weight excluding hydrogens is 344 g/mol. The van der Waals surface area contributed by atoms with Crippen molar-refractivity contribution in [1.29, 1.82) is 0 Å². The molecule has 7 heteroatoms. The van der Waals surface area contributed by atoms with Crippen LogP contribution in [0.15, 0.2) is 48.8 Å². The molecule has 0 atom stereocenters. The number of methoxy groups -OCH3 is 1. The number of imidazole rings is 1. The molecule has 3 rings (SSSR count). The zero-order valence-corrected chi connectivity index (χ0v) is 14.1. The number of aromatic nitrogens is 2. The lowest BCUT2D eigenvalue weighted by Gasteiger charge is -2.03. The Balaban J connectivity index is 1.62. The third-order valence-corrected chi connectivity index (χ3v) is 3.67. The van der Waals surface area contributed by atoms with Crippen LogP contribution in [0.3, 0.4) is 0 Å². The first-order valence-electron chi connectivity index (χ1n) is 7.40. The lowest BCUT2D eigenvalue weighted by Crippen LogP contribution is -2.00. The predicted octanol–water partition coefficient (Wildman–Crippen LogP) is 3.46. The summed E-state index contributed by atoms with van der Waals surface area (Å²) in [6.07, 6.45) is 6.36. The minimum Gasteiger partial charge on any atom is -0.504 e. The first kappa shape index (κ1) is 16.9. The van der Waals surface area contributed by atoms with Crippen molar-refractivity contribution in [2.75, 3.05) is 7.11 Å². The minimum atomic E-state index is -0.498. The summed E-state index contributed by atoms with van der Waals surface area (Å²) < 4.78 is 12.0. The van der Waals surface area contributed by atoms with E-state index in [9.17, 15) is 9.90 Å². The number of carbonyl (C=O) groups excluding carboxylic acids is 1. The summed E-state index contributed by atoms with van der Waals surface area (Å²) >= 11 is 5.92. The van der Waals surface area contributed by atoms with Crippen LogP contribution in [0.1, 0.15) is 11.3 Å². The number of esters is 1. The number of aromatic hydroxyl groups is 1. The van der Waals surface area contributed by atoms with Gasteiger partial charge in [0.2, 0.25) is 0 Å². The highest BCUT2D eigenvalue weighted by Crippen LogP contribution is 2.26. The van der Waals surface area contributed by atoms with Crippen LogP contribution in [-0.2, 0) is 16.1 Å². The zero-order chi connectivity index (χ0) is 17.8. The van der Waals surface area contributed by atoms with E-state index in [4.69, 9.17) is 21.1 Å². The van der Waals surface area contributed by atoms with Gasteiger partial charge in [-0.2, -0.15) is 0 Å². The van der Waals surface area contributed by atoms with Gasteiger partial charge in [0.15, 0.2) is 11.5 Å². The normalized spacial score (nSPS) is 11.1. The smallest absolute Gasteiger partial charge is 0.331 e. The molecule has 25 heavy (non-hydrogen) atoms. The van der Waals surface area contributed by atoms with Crippen molar-refractivity contribution in [3.63, 3.8) is 0 Å². The summed E-state index contributed by atoms with van der Waals surface area (Å²) in [4.78, 5) is 16.2. The number of ether oxygens (including phenoxy) is 2. The van der Waals surface area contributed by atoms with Crippen molar-refractivity contribution in [2.24, 2.45) is 0 Å². The highest BCUT2D eigenvalue weighted by Gasteiger charge is 2.05. The molecule has 0 unspecified atom stereocenters. The van der Waals surface area contributed by atoms with Gasteiger partial charge in [0, 0.05) is 18.5 Å². The quantitative estimate of drug-likeness (QED) is 0.558. The number of halogens is 1. The topological polar surface area (TPSA) is 73.1 Å². The molecule has 3 aromatic rings. The van der Waals surface area contributed by atoms with Gasteiger partial charge in [-0.3, -0.25) is 0 Å². The molecule has 6 nitrogen and oxygen atoms in total. The Bertz CT molecular complexity index is 949. The summed E-state index contributed by atoms with van der Waals surface area (Å²) in [7, 11) is 1.46. The molecule has 0 aliphatic carbocycles. The molecule has 2 heterocycles. The van der Waals surface area contributed by atoms with Gasteiger partial charge >= 0.3 is 5.97 Å². The molecule has 0 aliphatic heterocycles. The van der Waals surface area contributed by atoms with Gasteiger partial charge in [0.1, 0.15) is 12.3 Å². The van der Waals surface area contributed by atoms with Crippen LogP contribution in [0.5, 0.6) is 11.5 Å². The minimum absolute atomic E-state index is 0.0363. The van der Waals surface area contributed by atoms with E-state index in [1.165, 1.54) is 19.3 Å². The Morgan fingerprint density at radius 3 is 2.96 bits per heavy atom. The third-order valence-electron chi connectivity index (χ3n) is 3.44. The molecule has 128 valence electrons. The summed E-state index contributed by atoms with van der Waals surface area (Å²) in [5.74, 6) is -0.129. The van der Waals surface area contributed by atoms with Crippen LogP contribution >= 0.6 is 11.6 Å². The van der Waals surface area contributed by atoms with E-state index < -0.39 is 5.97 Å². The first-order valence-corrected chi connectivity index (χ1v) is 7.78. The number of hydrogen-bond donors (Lipinski definition) is 1. The number of phenols is 1. The lowest BCUT2D eigenvalue weighted by atomic mass is 10.2. The lowest BCUT2D eigenvalue weighted by molar-refractivity contribution is -0.139. The van der Waals surface area contributed by atoms with Crippen molar-refractivity contribution < 1.29 is 19.4 Å². The van der Waals surface area contributed by atoms with Gasteiger partial charge in [-0.1, -0.05) is 17.7 Å². The van der Waals surface area contributed by atoms with Crippen molar-refractivity contribution in [3.05, 3.63) is 65.1 Å². The largest absolute Gasteiger partial charge is 0.504 e. The molecule has 0 amide bonds. The fourth-order valence-corrected chi connectivity index (χ4v) is 2.41. The van der Waals surface area contributed by atoms with Gasteiger partial charge in [-0.15, -0.1) is 0 Å². The molecule has 2 aromatic heterocycles. The Morgan fingerprint density at radius 1 is 1.32 bits per heavy atom. The van der Waals surface area contributed by atoms with Gasteiger partial charge in [0.25, 0.3) is 0 Å². The van der Waals surface area contributed by atoms with Crippen LogP contribution in [0.4, 0.5) is 0 Å². The maximum atomic E-state index is 11.8. The van der Waals surface area contributed by atoms with E-state index in [0.29, 0.717) is 22.0 Å². The standard InChI is InChI=1S/C18H15ClN2O4/c1-24-16-8-12(2-5-15(16)22)3-7-18(23)25-11-14-10-21-9-13(19)4-6-17(21)20-14/h2-10,22H,11H2,1H3/b7-3+. The number of phenolic OH excluding ortho intramolecular Hbond substituents is 1. The summed E-state index contributed by atoms with van der Waals surface area (Å²) in [5, 5.41) is 10.1. The molecule has 1 aromatic carbocycles. The van der Waals surface area contributed by atoms with Crippen molar-refractivity contribution >= 4 is 29.3 Å². The number of carbonyl (C=O) groups is 1. The second-order valence-corrected chi connectivity index (χ2v) is 5.65. The number of nitrogens with zero attached hydrogens (tertiary/aromatic N) is 2. The molecular formula is C18H15ClN2O4. The first-order chi connectivity index (χ1) is 12.0. The molecule has 0 aliphatic rings. The van der Waals surface area contributed by atoms with E-state index in [1.54, 1.807) is 47.1 Å². The molecule has 0 saturated carbocycles. The highest BCUT2D eigenvalue weighted by molar-refractivity contribution is 6.30. The molecule has 0 radical (unpaired) electrons. The fraction of sp³-hybridized carbons (Fsp3) is 0.111. The molecule has 1 N–H and O–H groups in total. The van der Waals surface area contributed by atoms with Gasteiger partial charge in [-0.25, -0.2) is 9.78 Å². The Kier molecular flexibility index (Phi) is 4.90. The second-order valence-electron chi connectivity index (χ2n) is 5.22. The van der Waals surface area contributed by atoms with Crippen LogP contribution in [0.25, 0.3) is 11.7 Å². The van der Waals surface area contributed by atoms with Crippen molar-refractivity contribution in [3.8, 4) is 11.5 Å². The van der Waals surface area contributed by atoms with Crippen LogP contribution in [0.2, 0.25) is 5.02 Å². The SMILES string of the molecule is COc1cc(/C=C/C(=O)OCc2cn3cc(Cl)ccc3n2)ccc1O. The van der Waals surface area contributed by atoms with Gasteiger partial charge < -0.3 is 19.0 Å². The van der Waals surface area contributed by atoms with E-state index in [0.717, 1.165) is 5.65 Å². The van der Waals surface area contributed by atoms with Gasteiger partial charge in [0.05, 0.1) is 17.8 Å². The van der Waals surface area contributed by atoms with E-state index in [2.05, 4.69) is 4.98 Å². The van der Waals surface area contributed by atoms with Crippen molar-refractivity contribution in [1.82, 2.24) is 9.38 Å². The molecule has 0 saturated heterocycles. The number of rotatable bonds is 5. The Hall–Kier alpha value is -2.99. The van der Waals surface area contributed by atoms with E-state index >= 15 is 0 Å². The number of hydrogen-bond acceptors (Lipinski definition) is 5. The maximum Gasteiger partial charge on any atom is 0.331 e. The molecule has 0 fully saturated rings. The fourth-order valence-electron chi connectivity index (χ4n) is 2.24. The third kappa shape index (κ3) is 4.10. The van der Waals surface area contributed by atoms with Crippen LogP contribution in [0, 0.1) is 0 Å². The number of pyridine rings is 1. The number of fused-ring (bicyclic) bond motifs is 1. The average molecular weight is 359 g/mol. The molecule has 0 spiro atoms. The average Bonchev–Trinajstić information content (AvgIpc) is 3.01. The second kappa shape index (κ2) is 7.27. The van der Waals surface area contributed by atoms with E-state index in [-0.39, 0.29) is 12.4 Å². The number of benzene rings is 1. The van der Waals surface area contributed by atoms with Crippen molar-refractivity contribution in [2.45, 2.75) is 6.61 Å². The Morgan fingerprint density at radius 2 is 2.16 bits per heavy atom. The molecule has 0 bridgehead atoms. The van der Waals surface area contributed by atoms with Gasteiger partial charge in [-0.05, 0) is 35.9 Å². The zero-order valence-electron chi connectivity index (χ0n) is 13.3. The monoisotopic (exact) mass is 358 g/mol. The van der Waals surface area contributed by atoms with E-state index in [1.807, 2.05) is 0 Å². The summed E-state index contributed by atoms with van der Waals surface area (Å²) in [6, 6.07) is 8.30. The van der Waals surface area contributed by atoms with Crippen LogP contribution in [-0.4, -0.2) is 27.6 Å². The van der Waals surface area contributed by atoms with Crippen LogP contribution < -0.4 is 4.74 Å². The summed E-state index contributed by atoms with van der Waals surface area (Å²) in [5.41, 5.74) is 2.05. The highest BCUT2D eigenvalue weighted by atomic mass is 35.5. The maximum absolute atomic E-state index is 11.8.